The lowest BCUT2D eigenvalue weighted by molar-refractivity contribution is -0.153. The van der Waals surface area contributed by atoms with Crippen molar-refractivity contribution < 1.29 is 14.6 Å². The van der Waals surface area contributed by atoms with Crippen LogP contribution in [0.5, 0.6) is 5.75 Å². The molecule has 1 aromatic rings. The lowest BCUT2D eigenvalue weighted by Gasteiger charge is -2.61. The van der Waals surface area contributed by atoms with E-state index in [2.05, 4.69) is 29.3 Å². The average molecular weight is 370 g/mol. The molecule has 0 spiro atoms. The van der Waals surface area contributed by atoms with Crippen LogP contribution in [0.4, 0.5) is 0 Å². The van der Waals surface area contributed by atoms with Gasteiger partial charge in [0.1, 0.15) is 5.75 Å². The molecule has 2 aliphatic carbocycles. The maximum atomic E-state index is 12.6. The van der Waals surface area contributed by atoms with Crippen molar-refractivity contribution in [2.45, 2.75) is 62.5 Å². The van der Waals surface area contributed by atoms with Gasteiger partial charge in [0.05, 0.1) is 12.7 Å². The molecule has 2 heterocycles. The molecule has 5 heteroatoms. The Morgan fingerprint density at radius 1 is 1.33 bits per heavy atom. The molecule has 0 aromatic heterocycles. The zero-order valence-corrected chi connectivity index (χ0v) is 16.4. The third-order valence-electron chi connectivity index (χ3n) is 7.68. The average Bonchev–Trinajstić information content (AvgIpc) is 3.44. The highest BCUT2D eigenvalue weighted by Gasteiger charge is 2.64. The van der Waals surface area contributed by atoms with Crippen LogP contribution in [0.1, 0.15) is 48.8 Å². The first kappa shape index (κ1) is 17.5. The maximum absolute atomic E-state index is 12.6. The third-order valence-corrected chi connectivity index (χ3v) is 7.68. The Kier molecular flexibility index (Phi) is 3.86. The van der Waals surface area contributed by atoms with Crippen LogP contribution in [0.15, 0.2) is 12.1 Å². The fraction of sp³-hybridized carbons (Fsp3) is 0.682. The summed E-state index contributed by atoms with van der Waals surface area (Å²) in [4.78, 5) is 15.1. The number of benzene rings is 1. The molecule has 0 unspecified atom stereocenters. The Labute approximate surface area is 161 Å². The Balaban J connectivity index is 1.68. The molecule has 146 valence electrons. The molecule has 1 aromatic carbocycles. The predicted molar refractivity (Wildman–Crippen MR) is 103 cm³/mol. The number of aliphatic hydroxyl groups is 1. The van der Waals surface area contributed by atoms with Gasteiger partial charge in [0.25, 0.3) is 0 Å². The van der Waals surface area contributed by atoms with Crippen molar-refractivity contribution in [2.75, 3.05) is 26.7 Å². The van der Waals surface area contributed by atoms with Gasteiger partial charge in [0.15, 0.2) is 0 Å². The number of methoxy groups -OCH3 is 1. The summed E-state index contributed by atoms with van der Waals surface area (Å²) in [5.41, 5.74) is 2.19. The number of carbonyl (C=O) groups excluding carboxylic acids is 1. The summed E-state index contributed by atoms with van der Waals surface area (Å²) in [5.74, 6) is 1.72. The van der Waals surface area contributed by atoms with Gasteiger partial charge in [-0.1, -0.05) is 6.07 Å². The highest BCUT2D eigenvalue weighted by atomic mass is 16.5. The van der Waals surface area contributed by atoms with Crippen molar-refractivity contribution in [3.05, 3.63) is 28.8 Å². The molecule has 5 nitrogen and oxygen atoms in total. The van der Waals surface area contributed by atoms with Gasteiger partial charge >= 0.3 is 0 Å². The molecule has 27 heavy (non-hydrogen) atoms. The second kappa shape index (κ2) is 5.95. The Bertz CT molecular complexity index is 790. The van der Waals surface area contributed by atoms with Crippen LogP contribution in [0, 0.1) is 12.8 Å². The lowest BCUT2D eigenvalue weighted by atomic mass is 9.52. The summed E-state index contributed by atoms with van der Waals surface area (Å²) < 4.78 is 5.61. The van der Waals surface area contributed by atoms with Gasteiger partial charge in [0, 0.05) is 31.0 Å². The topological polar surface area (TPSA) is 61.8 Å². The minimum Gasteiger partial charge on any atom is -0.496 e. The van der Waals surface area contributed by atoms with Gasteiger partial charge in [-0.05, 0) is 74.2 Å². The van der Waals surface area contributed by atoms with Crippen molar-refractivity contribution in [3.63, 3.8) is 0 Å². The van der Waals surface area contributed by atoms with E-state index in [1.807, 2.05) is 0 Å². The van der Waals surface area contributed by atoms with E-state index in [0.717, 1.165) is 48.7 Å². The second-order valence-electron chi connectivity index (χ2n) is 9.17. The Morgan fingerprint density at radius 3 is 2.89 bits per heavy atom. The Hall–Kier alpha value is -1.59. The molecule has 5 rings (SSSR count). The molecule has 1 amide bonds. The van der Waals surface area contributed by atoms with Crippen LogP contribution >= 0.6 is 0 Å². The fourth-order valence-corrected chi connectivity index (χ4v) is 6.11. The summed E-state index contributed by atoms with van der Waals surface area (Å²) in [5, 5.41) is 15.2. The number of ether oxygens (including phenoxy) is 1. The van der Waals surface area contributed by atoms with Crippen molar-refractivity contribution >= 4 is 5.91 Å². The van der Waals surface area contributed by atoms with Gasteiger partial charge in [-0.25, -0.2) is 0 Å². The monoisotopic (exact) mass is 370 g/mol. The van der Waals surface area contributed by atoms with Crippen molar-refractivity contribution in [1.82, 2.24) is 10.2 Å². The van der Waals surface area contributed by atoms with Crippen molar-refractivity contribution in [2.24, 2.45) is 5.92 Å². The Morgan fingerprint density at radius 2 is 2.15 bits per heavy atom. The largest absolute Gasteiger partial charge is 0.496 e. The summed E-state index contributed by atoms with van der Waals surface area (Å²) in [6.45, 7) is 4.69. The fourth-order valence-electron chi connectivity index (χ4n) is 6.11. The zero-order chi connectivity index (χ0) is 18.8. The molecular weight excluding hydrogens is 340 g/mol. The highest BCUT2D eigenvalue weighted by molar-refractivity contribution is 5.79. The molecule has 2 aliphatic heterocycles. The molecule has 3 atom stereocenters. The highest BCUT2D eigenvalue weighted by Crippen LogP contribution is 2.56. The van der Waals surface area contributed by atoms with E-state index in [0.29, 0.717) is 19.4 Å². The predicted octanol–water partition coefficient (Wildman–Crippen LogP) is 1.92. The van der Waals surface area contributed by atoms with Gasteiger partial charge in [-0.3, -0.25) is 9.69 Å². The maximum Gasteiger partial charge on any atom is 0.221 e. The first-order valence-electron chi connectivity index (χ1n) is 10.4. The normalized spacial score (nSPS) is 35.7. The number of amides is 1. The number of piperidine rings is 1. The number of hydrogen-bond acceptors (Lipinski definition) is 4. The smallest absolute Gasteiger partial charge is 0.221 e. The van der Waals surface area contributed by atoms with E-state index < -0.39 is 11.0 Å². The number of fused-ring (bicyclic) bond motifs is 1. The second-order valence-corrected chi connectivity index (χ2v) is 9.17. The minimum atomic E-state index is -0.868. The quantitative estimate of drug-likeness (QED) is 0.853. The number of hydrogen-bond donors (Lipinski definition) is 2. The van der Waals surface area contributed by atoms with E-state index in [1.54, 1.807) is 7.11 Å². The van der Waals surface area contributed by atoms with Crippen molar-refractivity contribution in [3.8, 4) is 5.75 Å². The third kappa shape index (κ3) is 2.47. The standard InChI is InChI=1S/C22H30N2O3/c1-14-9-16-10-19-22(26)5-7-23-20(25)12-21(22,17(16)11-18(14)27-2)6-8-24(19)13-15-3-4-15/h9,11,15,19,26H,3-8,10,12-13H2,1-2H3,(H,23,25)/t19-,21-,22-/m1/s1. The SMILES string of the molecule is COc1cc2c(cc1C)C[C@H]1N(CC3CC3)CC[C@@]23CC(=O)NCC[C@@]13O. The number of nitrogens with zero attached hydrogens (tertiary/aromatic N) is 1. The van der Waals surface area contributed by atoms with Crippen LogP contribution in [0.3, 0.4) is 0 Å². The molecule has 3 fully saturated rings. The van der Waals surface area contributed by atoms with E-state index in [9.17, 15) is 9.90 Å². The number of rotatable bonds is 3. The van der Waals surface area contributed by atoms with Crippen LogP contribution < -0.4 is 10.1 Å². The summed E-state index contributed by atoms with van der Waals surface area (Å²) in [7, 11) is 1.70. The van der Waals surface area contributed by atoms with Crippen LogP contribution in [0.2, 0.25) is 0 Å². The summed E-state index contributed by atoms with van der Waals surface area (Å²) in [6, 6.07) is 4.44. The first-order chi connectivity index (χ1) is 13.0. The number of nitrogens with one attached hydrogen (secondary N) is 1. The molecule has 4 aliphatic rings. The molecule has 2 saturated heterocycles. The van der Waals surface area contributed by atoms with Crippen LogP contribution in [0.25, 0.3) is 0 Å². The summed E-state index contributed by atoms with van der Waals surface area (Å²) in [6.07, 6.45) is 5.33. The number of aryl methyl sites for hydroxylation is 1. The number of likely N-dealkylation sites (tertiary alicyclic amines) is 1. The van der Waals surface area contributed by atoms with E-state index >= 15 is 0 Å². The van der Waals surface area contributed by atoms with Crippen LogP contribution in [-0.2, 0) is 16.6 Å². The van der Waals surface area contributed by atoms with E-state index in [-0.39, 0.29) is 11.9 Å². The van der Waals surface area contributed by atoms with Crippen molar-refractivity contribution in [1.29, 1.82) is 0 Å². The van der Waals surface area contributed by atoms with Gasteiger partial charge in [-0.2, -0.15) is 0 Å². The molecule has 1 saturated carbocycles. The number of carbonyl (C=O) groups is 1. The molecule has 0 radical (unpaired) electrons. The first-order valence-corrected chi connectivity index (χ1v) is 10.4. The summed E-state index contributed by atoms with van der Waals surface area (Å²) >= 11 is 0. The zero-order valence-electron chi connectivity index (χ0n) is 16.4. The van der Waals surface area contributed by atoms with Gasteiger partial charge in [-0.15, -0.1) is 0 Å². The van der Waals surface area contributed by atoms with Crippen LogP contribution in [-0.4, -0.2) is 54.3 Å². The van der Waals surface area contributed by atoms with Gasteiger partial charge < -0.3 is 15.2 Å². The van der Waals surface area contributed by atoms with E-state index in [4.69, 9.17) is 4.74 Å². The molecule has 2 N–H and O–H groups in total. The minimum absolute atomic E-state index is 0.0627. The van der Waals surface area contributed by atoms with Gasteiger partial charge in [0.2, 0.25) is 5.91 Å². The molecule has 2 bridgehead atoms. The molecular formula is C22H30N2O3. The van der Waals surface area contributed by atoms with E-state index in [1.165, 1.54) is 18.4 Å². The lowest BCUT2D eigenvalue weighted by Crippen LogP contribution is -2.71.